The lowest BCUT2D eigenvalue weighted by Gasteiger charge is -2.44. The van der Waals surface area contributed by atoms with E-state index in [0.29, 0.717) is 50.1 Å². The van der Waals surface area contributed by atoms with Crippen LogP contribution in [-0.2, 0) is 9.59 Å². The van der Waals surface area contributed by atoms with Gasteiger partial charge in [-0.1, -0.05) is 19.1 Å². The fourth-order valence-electron chi connectivity index (χ4n) is 5.22. The summed E-state index contributed by atoms with van der Waals surface area (Å²) < 4.78 is 14.4. The van der Waals surface area contributed by atoms with Crippen LogP contribution in [0.1, 0.15) is 52.5 Å². The standard InChI is InChI=1S/C27H32FN5O4/c1-4-21(30-24(35)20-7-5-6-17(2)22(20)28)25(36)32-14-12-27(13-15-32)26(37)31(3)16-33(27)19-10-8-18(9-11-19)23(29)34/h5-11,21H,4,12-16H2,1-3H3,(H2,29,34)(H,30,35). The van der Waals surface area contributed by atoms with Gasteiger partial charge in [-0.2, -0.15) is 0 Å². The Labute approximate surface area is 215 Å². The molecule has 2 aromatic carbocycles. The van der Waals surface area contributed by atoms with E-state index in [-0.39, 0.29) is 17.4 Å². The predicted octanol–water partition coefficient (Wildman–Crippen LogP) is 2.04. The Hall–Kier alpha value is -3.95. The van der Waals surface area contributed by atoms with Gasteiger partial charge in [-0.3, -0.25) is 19.2 Å². The highest BCUT2D eigenvalue weighted by molar-refractivity contribution is 5.98. The van der Waals surface area contributed by atoms with E-state index in [0.717, 1.165) is 5.69 Å². The fourth-order valence-corrected chi connectivity index (χ4v) is 5.22. The molecule has 37 heavy (non-hydrogen) atoms. The molecule has 196 valence electrons. The number of anilines is 1. The van der Waals surface area contributed by atoms with E-state index < -0.39 is 29.2 Å². The smallest absolute Gasteiger partial charge is 0.254 e. The Kier molecular flexibility index (Phi) is 7.20. The second kappa shape index (κ2) is 10.2. The molecule has 3 N–H and O–H groups in total. The molecule has 10 heteroatoms. The maximum atomic E-state index is 14.4. The number of piperidine rings is 1. The summed E-state index contributed by atoms with van der Waals surface area (Å²) in [5, 5.41) is 2.68. The Morgan fingerprint density at radius 3 is 2.35 bits per heavy atom. The molecule has 2 aromatic rings. The Bertz CT molecular complexity index is 1220. The number of likely N-dealkylation sites (N-methyl/N-ethyl adjacent to an activating group) is 1. The summed E-state index contributed by atoms with van der Waals surface area (Å²) in [7, 11) is 1.74. The minimum absolute atomic E-state index is 0.0196. The number of nitrogens with one attached hydrogen (secondary N) is 1. The SMILES string of the molecule is CCC(NC(=O)c1cccc(C)c1F)C(=O)N1CCC2(CC1)C(=O)N(C)CN2c1ccc(C(N)=O)cc1. The van der Waals surface area contributed by atoms with Crippen LogP contribution in [0.4, 0.5) is 10.1 Å². The first-order chi connectivity index (χ1) is 17.6. The normalized spacial score (nSPS) is 17.7. The van der Waals surface area contributed by atoms with Crippen LogP contribution < -0.4 is 16.0 Å². The van der Waals surface area contributed by atoms with Crippen LogP contribution in [-0.4, -0.2) is 71.8 Å². The Morgan fingerprint density at radius 2 is 1.76 bits per heavy atom. The van der Waals surface area contributed by atoms with Crippen molar-refractivity contribution in [1.29, 1.82) is 0 Å². The number of likely N-dealkylation sites (tertiary alicyclic amines) is 1. The molecule has 9 nitrogen and oxygen atoms in total. The second-order valence-electron chi connectivity index (χ2n) is 9.71. The average molecular weight is 510 g/mol. The Morgan fingerprint density at radius 1 is 1.11 bits per heavy atom. The first-order valence-electron chi connectivity index (χ1n) is 12.4. The van der Waals surface area contributed by atoms with E-state index in [4.69, 9.17) is 5.73 Å². The summed E-state index contributed by atoms with van der Waals surface area (Å²) in [6.45, 7) is 4.42. The number of nitrogens with zero attached hydrogens (tertiary/aromatic N) is 3. The highest BCUT2D eigenvalue weighted by atomic mass is 19.1. The largest absolute Gasteiger partial charge is 0.366 e. The number of carbonyl (C=O) groups excluding carboxylic acids is 4. The van der Waals surface area contributed by atoms with Crippen LogP contribution in [0.15, 0.2) is 42.5 Å². The summed E-state index contributed by atoms with van der Waals surface area (Å²) in [6, 6.07) is 10.6. The van der Waals surface area contributed by atoms with Crippen molar-refractivity contribution < 1.29 is 23.6 Å². The van der Waals surface area contributed by atoms with E-state index in [1.165, 1.54) is 6.07 Å². The number of nitrogens with two attached hydrogens (primary N) is 1. The number of benzene rings is 2. The minimum Gasteiger partial charge on any atom is -0.366 e. The van der Waals surface area contributed by atoms with Gasteiger partial charge in [0.15, 0.2) is 0 Å². The van der Waals surface area contributed by atoms with Gasteiger partial charge in [0.1, 0.15) is 17.4 Å². The molecule has 0 aromatic heterocycles. The number of carbonyl (C=O) groups is 4. The monoisotopic (exact) mass is 509 g/mol. The Balaban J connectivity index is 1.47. The van der Waals surface area contributed by atoms with Crippen molar-refractivity contribution in [3.8, 4) is 0 Å². The summed E-state index contributed by atoms with van der Waals surface area (Å²) in [6.07, 6.45) is 1.17. The summed E-state index contributed by atoms with van der Waals surface area (Å²) in [5.41, 5.74) is 5.98. The van der Waals surface area contributed by atoms with Gasteiger partial charge in [-0.25, -0.2) is 4.39 Å². The van der Waals surface area contributed by atoms with Gasteiger partial charge in [0, 0.05) is 31.4 Å². The number of hydrogen-bond acceptors (Lipinski definition) is 5. The molecular formula is C27H32FN5O4. The van der Waals surface area contributed by atoms with E-state index in [9.17, 15) is 23.6 Å². The first-order valence-corrected chi connectivity index (χ1v) is 12.4. The van der Waals surface area contributed by atoms with Crippen molar-refractivity contribution in [3.05, 3.63) is 65.0 Å². The van der Waals surface area contributed by atoms with Gasteiger partial charge in [0.25, 0.3) is 5.91 Å². The fraction of sp³-hybridized carbons (Fsp3) is 0.407. The molecule has 1 spiro atoms. The third-order valence-electron chi connectivity index (χ3n) is 7.43. The number of rotatable bonds is 6. The molecule has 0 aliphatic carbocycles. The van der Waals surface area contributed by atoms with Crippen molar-refractivity contribution in [2.24, 2.45) is 5.73 Å². The molecule has 1 atom stereocenters. The summed E-state index contributed by atoms with van der Waals surface area (Å²) >= 11 is 0. The lowest BCUT2D eigenvalue weighted by atomic mass is 9.85. The molecule has 4 amide bonds. The van der Waals surface area contributed by atoms with Crippen molar-refractivity contribution in [2.45, 2.75) is 44.7 Å². The van der Waals surface area contributed by atoms with Crippen LogP contribution in [0.3, 0.4) is 0 Å². The molecule has 0 radical (unpaired) electrons. The van der Waals surface area contributed by atoms with E-state index in [1.54, 1.807) is 67.1 Å². The third-order valence-corrected chi connectivity index (χ3v) is 7.43. The molecule has 4 rings (SSSR count). The second-order valence-corrected chi connectivity index (χ2v) is 9.71. The van der Waals surface area contributed by atoms with Crippen molar-refractivity contribution in [3.63, 3.8) is 0 Å². The van der Waals surface area contributed by atoms with Gasteiger partial charge in [-0.15, -0.1) is 0 Å². The topological polar surface area (TPSA) is 116 Å². The molecular weight excluding hydrogens is 477 g/mol. The van der Waals surface area contributed by atoms with Gasteiger partial charge in [-0.05, 0) is 62.1 Å². The number of hydrogen-bond donors (Lipinski definition) is 2. The zero-order valence-corrected chi connectivity index (χ0v) is 21.3. The number of halogens is 1. The van der Waals surface area contributed by atoms with Gasteiger partial charge in [0.05, 0.1) is 12.2 Å². The molecule has 2 aliphatic heterocycles. The van der Waals surface area contributed by atoms with E-state index in [2.05, 4.69) is 5.32 Å². The van der Waals surface area contributed by atoms with Crippen molar-refractivity contribution in [1.82, 2.24) is 15.1 Å². The van der Waals surface area contributed by atoms with Crippen LogP contribution in [0.2, 0.25) is 0 Å². The number of amides is 4. The lowest BCUT2D eigenvalue weighted by Crippen LogP contribution is -2.59. The molecule has 0 saturated carbocycles. The quantitative estimate of drug-likeness (QED) is 0.618. The van der Waals surface area contributed by atoms with Crippen molar-refractivity contribution in [2.75, 3.05) is 31.7 Å². The lowest BCUT2D eigenvalue weighted by molar-refractivity contribution is -0.139. The number of primary amides is 1. The van der Waals surface area contributed by atoms with Gasteiger partial charge < -0.3 is 25.8 Å². The van der Waals surface area contributed by atoms with Crippen molar-refractivity contribution >= 4 is 29.3 Å². The molecule has 2 fully saturated rings. The van der Waals surface area contributed by atoms with E-state index in [1.807, 2.05) is 4.90 Å². The molecule has 2 aliphatic rings. The van der Waals surface area contributed by atoms with Gasteiger partial charge in [0.2, 0.25) is 17.7 Å². The molecule has 1 unspecified atom stereocenters. The average Bonchev–Trinajstić information content (AvgIpc) is 3.13. The third kappa shape index (κ3) is 4.75. The zero-order chi connectivity index (χ0) is 26.9. The van der Waals surface area contributed by atoms with Crippen LogP contribution >= 0.6 is 0 Å². The number of aryl methyl sites for hydroxylation is 1. The maximum Gasteiger partial charge on any atom is 0.254 e. The maximum absolute atomic E-state index is 14.4. The molecule has 2 heterocycles. The summed E-state index contributed by atoms with van der Waals surface area (Å²) in [4.78, 5) is 56.1. The highest BCUT2D eigenvalue weighted by Gasteiger charge is 2.53. The molecule has 0 bridgehead atoms. The van der Waals surface area contributed by atoms with E-state index >= 15 is 0 Å². The summed E-state index contributed by atoms with van der Waals surface area (Å²) in [5.74, 6) is -2.03. The zero-order valence-electron chi connectivity index (χ0n) is 21.3. The van der Waals surface area contributed by atoms with Crippen LogP contribution in [0, 0.1) is 12.7 Å². The van der Waals surface area contributed by atoms with Crippen LogP contribution in [0.25, 0.3) is 0 Å². The van der Waals surface area contributed by atoms with Gasteiger partial charge >= 0.3 is 0 Å². The first kappa shape index (κ1) is 26.1. The highest BCUT2D eigenvalue weighted by Crippen LogP contribution is 2.39. The molecule has 2 saturated heterocycles. The predicted molar refractivity (Wildman–Crippen MR) is 136 cm³/mol. The minimum atomic E-state index is -0.810. The van der Waals surface area contributed by atoms with Crippen LogP contribution in [0.5, 0.6) is 0 Å².